The molecule has 0 amide bonds. The molecule has 0 aliphatic heterocycles. The average molecular weight is 239 g/mol. The molecule has 0 fully saturated rings. The van der Waals surface area contributed by atoms with Gasteiger partial charge >= 0.3 is 11.5 Å². The molecular formula is C6H11Cl2F2OP. The van der Waals surface area contributed by atoms with E-state index in [1.165, 1.54) is 0 Å². The monoisotopic (exact) mass is 238 g/mol. The third-order valence-corrected chi connectivity index (χ3v) is 3.93. The summed E-state index contributed by atoms with van der Waals surface area (Å²) in [6.45, 7) is 1.89. The van der Waals surface area contributed by atoms with Crippen LogP contribution in [-0.4, -0.2) is 5.66 Å². The summed E-state index contributed by atoms with van der Waals surface area (Å²) < 4.78 is 36.1. The number of hydrogen-bond acceptors (Lipinski definition) is 1. The third-order valence-electron chi connectivity index (χ3n) is 1.46. The first-order chi connectivity index (χ1) is 5.31. The minimum Gasteiger partial charge on any atom is -0.283 e. The molecular weight excluding hydrogens is 228 g/mol. The fraction of sp³-hybridized carbons (Fsp3) is 1.00. The lowest BCUT2D eigenvalue weighted by Crippen LogP contribution is -2.10. The summed E-state index contributed by atoms with van der Waals surface area (Å²) in [5.74, 6) is -4.30. The standard InChI is InChI=1S/C6H11Cl2F2OP/c1-2-3-4-5-6(9,10)12(7,8)11/h2-5H2,1H3. The summed E-state index contributed by atoms with van der Waals surface area (Å²) in [5, 5.41) is 0. The van der Waals surface area contributed by atoms with Gasteiger partial charge in [0.25, 0.3) is 0 Å². The van der Waals surface area contributed by atoms with E-state index in [1.54, 1.807) is 0 Å². The van der Waals surface area contributed by atoms with Crippen molar-refractivity contribution in [2.75, 3.05) is 0 Å². The lowest BCUT2D eigenvalue weighted by atomic mass is 10.2. The molecule has 0 saturated carbocycles. The highest BCUT2D eigenvalue weighted by Gasteiger charge is 2.46. The second kappa shape index (κ2) is 4.78. The summed E-state index contributed by atoms with van der Waals surface area (Å²) >= 11 is 9.75. The van der Waals surface area contributed by atoms with E-state index in [0.29, 0.717) is 12.8 Å². The summed E-state index contributed by atoms with van der Waals surface area (Å²) in [6, 6.07) is 0. The van der Waals surface area contributed by atoms with Crippen LogP contribution in [-0.2, 0) is 4.57 Å². The van der Waals surface area contributed by atoms with Crippen molar-refractivity contribution in [1.82, 2.24) is 0 Å². The number of unbranched alkanes of at least 4 members (excludes halogenated alkanes) is 2. The molecule has 1 nitrogen and oxygen atoms in total. The first-order valence-corrected chi connectivity index (χ1v) is 7.20. The van der Waals surface area contributed by atoms with Gasteiger partial charge in [0.05, 0.1) is 0 Å². The third kappa shape index (κ3) is 4.06. The van der Waals surface area contributed by atoms with Crippen molar-refractivity contribution in [1.29, 1.82) is 0 Å². The summed E-state index contributed by atoms with van der Waals surface area (Å²) in [6.07, 6.45) is 1.30. The Balaban J connectivity index is 3.97. The van der Waals surface area contributed by atoms with E-state index in [2.05, 4.69) is 0 Å². The van der Waals surface area contributed by atoms with Crippen LogP contribution in [0.1, 0.15) is 32.6 Å². The topological polar surface area (TPSA) is 17.1 Å². The van der Waals surface area contributed by atoms with Gasteiger partial charge in [-0.1, -0.05) is 19.8 Å². The first-order valence-electron chi connectivity index (χ1n) is 3.68. The van der Waals surface area contributed by atoms with Gasteiger partial charge in [0.2, 0.25) is 0 Å². The molecule has 0 bridgehead atoms. The van der Waals surface area contributed by atoms with Crippen LogP contribution in [0, 0.1) is 0 Å². The SMILES string of the molecule is CCCCCC(F)(F)P(=O)(Cl)Cl. The molecule has 12 heavy (non-hydrogen) atoms. The number of rotatable bonds is 5. The van der Waals surface area contributed by atoms with E-state index in [9.17, 15) is 13.3 Å². The van der Waals surface area contributed by atoms with Gasteiger partial charge in [-0.15, -0.1) is 0 Å². The van der Waals surface area contributed by atoms with Gasteiger partial charge in [-0.2, -0.15) is 8.78 Å². The predicted molar refractivity (Wildman–Crippen MR) is 48.4 cm³/mol. The van der Waals surface area contributed by atoms with Gasteiger partial charge in [-0.3, -0.25) is 4.57 Å². The highest BCUT2D eigenvalue weighted by atomic mass is 35.9. The van der Waals surface area contributed by atoms with Crippen LogP contribution in [0.25, 0.3) is 0 Å². The Bertz CT molecular complexity index is 180. The van der Waals surface area contributed by atoms with Crippen LogP contribution < -0.4 is 0 Å². The second-order valence-corrected chi connectivity index (χ2v) is 7.54. The van der Waals surface area contributed by atoms with Crippen LogP contribution in [0.2, 0.25) is 0 Å². The Morgan fingerprint density at radius 3 is 2.17 bits per heavy atom. The Kier molecular flexibility index (Phi) is 5.05. The van der Waals surface area contributed by atoms with Gasteiger partial charge in [-0.05, 0) is 28.9 Å². The second-order valence-electron chi connectivity index (χ2n) is 2.59. The predicted octanol–water partition coefficient (Wildman–Crippen LogP) is 4.83. The number of alkyl halides is 2. The summed E-state index contributed by atoms with van der Waals surface area (Å²) in [4.78, 5) is 0. The maximum Gasteiger partial charge on any atom is 0.325 e. The van der Waals surface area contributed by atoms with E-state index in [4.69, 9.17) is 22.5 Å². The molecule has 0 aromatic carbocycles. The van der Waals surface area contributed by atoms with Crippen molar-refractivity contribution >= 4 is 28.3 Å². The van der Waals surface area contributed by atoms with Crippen LogP contribution in [0.5, 0.6) is 0 Å². The van der Waals surface area contributed by atoms with Crippen LogP contribution in [0.4, 0.5) is 8.78 Å². The van der Waals surface area contributed by atoms with E-state index in [-0.39, 0.29) is 0 Å². The quantitative estimate of drug-likeness (QED) is 0.496. The van der Waals surface area contributed by atoms with Gasteiger partial charge in [-0.25, -0.2) is 0 Å². The molecule has 0 spiro atoms. The number of hydrogen-bond donors (Lipinski definition) is 0. The van der Waals surface area contributed by atoms with Crippen LogP contribution in [0.3, 0.4) is 0 Å². The summed E-state index contributed by atoms with van der Waals surface area (Å²) in [7, 11) is 0. The van der Waals surface area contributed by atoms with Gasteiger partial charge < -0.3 is 0 Å². The molecule has 0 aliphatic rings. The Morgan fingerprint density at radius 2 is 1.83 bits per heavy atom. The largest absolute Gasteiger partial charge is 0.325 e. The molecule has 0 rings (SSSR count). The lowest BCUT2D eigenvalue weighted by Gasteiger charge is -2.16. The lowest BCUT2D eigenvalue weighted by molar-refractivity contribution is 0.0818. The zero-order valence-electron chi connectivity index (χ0n) is 6.70. The molecule has 0 aliphatic carbocycles. The minimum absolute atomic E-state index is 0.299. The van der Waals surface area contributed by atoms with E-state index >= 15 is 0 Å². The van der Waals surface area contributed by atoms with E-state index < -0.39 is 17.9 Å². The molecule has 0 aromatic heterocycles. The first kappa shape index (κ1) is 12.7. The fourth-order valence-electron chi connectivity index (χ4n) is 0.718. The highest BCUT2D eigenvalue weighted by molar-refractivity contribution is 8.09. The zero-order chi connectivity index (χ0) is 9.83. The van der Waals surface area contributed by atoms with Crippen molar-refractivity contribution in [2.24, 2.45) is 0 Å². The maximum atomic E-state index is 12.7. The zero-order valence-corrected chi connectivity index (χ0v) is 9.10. The molecule has 0 aromatic rings. The average Bonchev–Trinajstić information content (AvgIpc) is 1.85. The molecule has 6 heteroatoms. The minimum atomic E-state index is -4.30. The molecule has 0 N–H and O–H groups in total. The molecule has 0 heterocycles. The Labute approximate surface area is 80.4 Å². The Hall–Kier alpha value is 0.670. The van der Waals surface area contributed by atoms with Crippen molar-refractivity contribution in [3.63, 3.8) is 0 Å². The molecule has 0 unspecified atom stereocenters. The molecule has 0 atom stereocenters. The van der Waals surface area contributed by atoms with Gasteiger partial charge in [0.1, 0.15) is 0 Å². The molecule has 74 valence electrons. The van der Waals surface area contributed by atoms with Crippen LogP contribution in [0.15, 0.2) is 0 Å². The molecule has 0 radical (unpaired) electrons. The van der Waals surface area contributed by atoms with Crippen molar-refractivity contribution < 1.29 is 13.3 Å². The van der Waals surface area contributed by atoms with Crippen molar-refractivity contribution in [3.05, 3.63) is 0 Å². The highest BCUT2D eigenvalue weighted by Crippen LogP contribution is 2.70. The number of halogens is 4. The maximum absolute atomic E-state index is 12.7. The van der Waals surface area contributed by atoms with Crippen LogP contribution >= 0.6 is 28.3 Å². The van der Waals surface area contributed by atoms with E-state index in [0.717, 1.165) is 6.42 Å². The normalized spacial score (nSPS) is 13.4. The van der Waals surface area contributed by atoms with Gasteiger partial charge in [0, 0.05) is 6.42 Å². The van der Waals surface area contributed by atoms with E-state index in [1.807, 2.05) is 6.92 Å². The smallest absolute Gasteiger partial charge is 0.283 e. The van der Waals surface area contributed by atoms with Crippen molar-refractivity contribution in [2.45, 2.75) is 38.3 Å². The summed E-state index contributed by atoms with van der Waals surface area (Å²) in [5.41, 5.74) is -3.43. The fourth-order valence-corrected chi connectivity index (χ4v) is 1.64. The molecule has 0 saturated heterocycles. The van der Waals surface area contributed by atoms with Gasteiger partial charge in [0.15, 0.2) is 0 Å². The van der Waals surface area contributed by atoms with Crippen molar-refractivity contribution in [3.8, 4) is 0 Å². The Morgan fingerprint density at radius 1 is 1.33 bits per heavy atom.